The quantitative estimate of drug-likeness (QED) is 0.890. The van der Waals surface area contributed by atoms with Crippen LogP contribution in [0.25, 0.3) is 0 Å². The fourth-order valence-corrected chi connectivity index (χ4v) is 4.06. The van der Waals surface area contributed by atoms with E-state index < -0.39 is 17.2 Å². The Morgan fingerprint density at radius 1 is 1.17 bits per heavy atom. The van der Waals surface area contributed by atoms with Crippen molar-refractivity contribution in [1.82, 2.24) is 0 Å². The number of hydrogen-bond acceptors (Lipinski definition) is 2. The first-order chi connectivity index (χ1) is 8.28. The molecule has 1 aromatic carbocycles. The molecule has 0 radical (unpaired) electrons. The van der Waals surface area contributed by atoms with Gasteiger partial charge in [0, 0.05) is 18.2 Å². The van der Waals surface area contributed by atoms with Gasteiger partial charge < -0.3 is 5.11 Å². The van der Waals surface area contributed by atoms with Crippen molar-refractivity contribution in [2.24, 2.45) is 5.41 Å². The van der Waals surface area contributed by atoms with Gasteiger partial charge in [-0.3, -0.25) is 0 Å². The Hall–Kier alpha value is -0.610. The first-order valence-electron chi connectivity index (χ1n) is 6.03. The molecule has 18 heavy (non-hydrogen) atoms. The van der Waals surface area contributed by atoms with Crippen LogP contribution in [0.3, 0.4) is 0 Å². The largest absolute Gasteiger partial charge is 0.389 e. The topological polar surface area (TPSA) is 20.2 Å². The van der Waals surface area contributed by atoms with Gasteiger partial charge in [-0.15, -0.1) is 0 Å². The van der Waals surface area contributed by atoms with Crippen molar-refractivity contribution in [1.29, 1.82) is 0 Å². The van der Waals surface area contributed by atoms with Crippen molar-refractivity contribution in [3.8, 4) is 0 Å². The number of thioether (sulfide) groups is 1. The summed E-state index contributed by atoms with van der Waals surface area (Å²) in [6, 6.07) is 3.45. The summed E-state index contributed by atoms with van der Waals surface area (Å²) < 4.78 is 26.3. The fourth-order valence-electron chi connectivity index (χ4n) is 2.72. The Morgan fingerprint density at radius 3 is 2.33 bits per heavy atom. The molecule has 1 N–H and O–H groups in total. The molecule has 1 aromatic rings. The van der Waals surface area contributed by atoms with Crippen molar-refractivity contribution in [3.05, 3.63) is 35.4 Å². The van der Waals surface area contributed by atoms with Gasteiger partial charge in [0.05, 0.1) is 5.60 Å². The number of rotatable bonds is 2. The van der Waals surface area contributed by atoms with Crippen LogP contribution in [0.4, 0.5) is 8.78 Å². The third-order valence-corrected chi connectivity index (χ3v) is 4.85. The van der Waals surface area contributed by atoms with E-state index in [-0.39, 0.29) is 5.41 Å². The van der Waals surface area contributed by atoms with Crippen LogP contribution in [-0.4, -0.2) is 22.2 Å². The second-order valence-electron chi connectivity index (χ2n) is 6.01. The van der Waals surface area contributed by atoms with Crippen molar-refractivity contribution < 1.29 is 13.9 Å². The van der Waals surface area contributed by atoms with Crippen molar-refractivity contribution in [2.45, 2.75) is 32.3 Å². The molecule has 1 atom stereocenters. The summed E-state index contributed by atoms with van der Waals surface area (Å²) in [4.78, 5) is 0. The average molecular weight is 272 g/mol. The van der Waals surface area contributed by atoms with Gasteiger partial charge in [0.15, 0.2) is 0 Å². The van der Waals surface area contributed by atoms with E-state index in [0.717, 1.165) is 11.8 Å². The van der Waals surface area contributed by atoms with Gasteiger partial charge >= 0.3 is 0 Å². The molecule has 0 spiro atoms. The fraction of sp³-hybridized carbons (Fsp3) is 0.571. The second kappa shape index (κ2) is 4.82. The van der Waals surface area contributed by atoms with E-state index in [2.05, 4.69) is 13.8 Å². The Bertz CT molecular complexity index is 427. The van der Waals surface area contributed by atoms with Gasteiger partial charge in [-0.2, -0.15) is 11.8 Å². The maximum atomic E-state index is 13.1. The van der Waals surface area contributed by atoms with Crippen LogP contribution in [-0.2, 0) is 6.42 Å². The van der Waals surface area contributed by atoms with Gasteiger partial charge in [0.1, 0.15) is 11.6 Å². The number of aliphatic hydroxyl groups is 1. The van der Waals surface area contributed by atoms with Crippen LogP contribution in [0.2, 0.25) is 0 Å². The predicted molar refractivity (Wildman–Crippen MR) is 70.7 cm³/mol. The van der Waals surface area contributed by atoms with Gasteiger partial charge in [-0.1, -0.05) is 13.8 Å². The maximum absolute atomic E-state index is 13.1. The molecule has 0 aliphatic carbocycles. The molecule has 1 aliphatic rings. The molecule has 1 saturated heterocycles. The molecule has 0 bridgehead atoms. The van der Waals surface area contributed by atoms with Gasteiger partial charge in [-0.25, -0.2) is 8.78 Å². The molecule has 1 nitrogen and oxygen atoms in total. The highest BCUT2D eigenvalue weighted by Crippen LogP contribution is 2.40. The minimum Gasteiger partial charge on any atom is -0.389 e. The predicted octanol–water partition coefficient (Wildman–Crippen LogP) is 3.40. The number of halogens is 2. The zero-order chi connectivity index (χ0) is 13.4. The molecule has 1 unspecified atom stereocenters. The maximum Gasteiger partial charge on any atom is 0.126 e. The van der Waals surface area contributed by atoms with Gasteiger partial charge in [0.2, 0.25) is 0 Å². The Balaban J connectivity index is 2.16. The first kappa shape index (κ1) is 13.8. The molecular formula is C14H18F2OS. The smallest absolute Gasteiger partial charge is 0.126 e. The number of hydrogen-bond donors (Lipinski definition) is 1. The van der Waals surface area contributed by atoms with Crippen LogP contribution >= 0.6 is 11.8 Å². The summed E-state index contributed by atoms with van der Waals surface area (Å²) in [7, 11) is 0. The molecule has 100 valence electrons. The summed E-state index contributed by atoms with van der Waals surface area (Å²) in [5.74, 6) is 0.453. The minimum absolute atomic E-state index is 0.0591. The van der Waals surface area contributed by atoms with E-state index in [4.69, 9.17) is 0 Å². The second-order valence-corrected chi connectivity index (χ2v) is 7.00. The third-order valence-electron chi connectivity index (χ3n) is 3.13. The molecular weight excluding hydrogens is 254 g/mol. The Kier molecular flexibility index (Phi) is 3.70. The molecule has 4 heteroatoms. The Labute approximate surface area is 111 Å². The lowest BCUT2D eigenvalue weighted by molar-refractivity contribution is 0.0199. The first-order valence-corrected chi connectivity index (χ1v) is 7.19. The monoisotopic (exact) mass is 272 g/mol. The highest BCUT2D eigenvalue weighted by molar-refractivity contribution is 7.99. The van der Waals surface area contributed by atoms with Crippen molar-refractivity contribution >= 4 is 11.8 Å². The van der Waals surface area contributed by atoms with E-state index in [9.17, 15) is 13.9 Å². The number of benzene rings is 1. The third kappa shape index (κ3) is 3.45. The van der Waals surface area contributed by atoms with Crippen LogP contribution in [0.5, 0.6) is 0 Å². The van der Waals surface area contributed by atoms with E-state index in [1.165, 1.54) is 12.1 Å². The van der Waals surface area contributed by atoms with Crippen LogP contribution in [0, 0.1) is 17.0 Å². The van der Waals surface area contributed by atoms with Gasteiger partial charge in [0.25, 0.3) is 0 Å². The van der Waals surface area contributed by atoms with Crippen molar-refractivity contribution in [3.63, 3.8) is 0 Å². The SMILES string of the molecule is CC1(C)CSCC(O)(Cc2cc(F)cc(F)c2)C1. The Morgan fingerprint density at radius 2 is 1.78 bits per heavy atom. The molecule has 0 amide bonds. The van der Waals surface area contributed by atoms with E-state index in [0.29, 0.717) is 24.2 Å². The van der Waals surface area contributed by atoms with E-state index in [1.807, 2.05) is 0 Å². The molecule has 1 heterocycles. The normalized spacial score (nSPS) is 27.2. The van der Waals surface area contributed by atoms with Gasteiger partial charge in [-0.05, 0) is 35.3 Å². The lowest BCUT2D eigenvalue weighted by Gasteiger charge is -2.41. The highest BCUT2D eigenvalue weighted by Gasteiger charge is 2.39. The average Bonchev–Trinajstić information content (AvgIpc) is 2.11. The highest BCUT2D eigenvalue weighted by atomic mass is 32.2. The van der Waals surface area contributed by atoms with E-state index in [1.54, 1.807) is 11.8 Å². The lowest BCUT2D eigenvalue weighted by atomic mass is 9.79. The zero-order valence-corrected chi connectivity index (χ0v) is 11.5. The van der Waals surface area contributed by atoms with E-state index >= 15 is 0 Å². The molecule has 1 aliphatic heterocycles. The summed E-state index contributed by atoms with van der Waals surface area (Å²) >= 11 is 1.70. The summed E-state index contributed by atoms with van der Waals surface area (Å²) in [5.41, 5.74) is -0.288. The minimum atomic E-state index is -0.868. The molecule has 2 rings (SSSR count). The van der Waals surface area contributed by atoms with Crippen molar-refractivity contribution in [2.75, 3.05) is 11.5 Å². The zero-order valence-electron chi connectivity index (χ0n) is 10.7. The molecule has 1 fully saturated rings. The summed E-state index contributed by atoms with van der Waals surface area (Å²) in [6.45, 7) is 4.21. The van der Waals surface area contributed by atoms with Crippen LogP contribution in [0.15, 0.2) is 18.2 Å². The molecule has 0 saturated carbocycles. The molecule has 0 aromatic heterocycles. The summed E-state index contributed by atoms with van der Waals surface area (Å²) in [6.07, 6.45) is 0.962. The van der Waals surface area contributed by atoms with Crippen LogP contribution < -0.4 is 0 Å². The summed E-state index contributed by atoms with van der Waals surface area (Å²) in [5, 5.41) is 10.6. The standard InChI is InChI=1S/C14H18F2OS/c1-13(2)7-14(17,9-18-8-13)6-10-3-11(15)5-12(16)4-10/h3-5,17H,6-9H2,1-2H3. The van der Waals surface area contributed by atoms with Crippen LogP contribution in [0.1, 0.15) is 25.8 Å². The lowest BCUT2D eigenvalue weighted by Crippen LogP contribution is -2.44.